The highest BCUT2D eigenvalue weighted by Gasteiger charge is 2.17. The molecule has 0 spiro atoms. The second-order valence-corrected chi connectivity index (χ2v) is 6.95. The maximum atomic E-state index is 13.0. The number of carbonyl (C=O) groups excluding carboxylic acids is 1. The number of carbonyl (C=O) groups is 1. The first-order valence-corrected chi connectivity index (χ1v) is 8.67. The van der Waals surface area contributed by atoms with Gasteiger partial charge in [-0.3, -0.25) is 4.79 Å². The molecule has 2 aromatic rings. The Morgan fingerprint density at radius 3 is 2.74 bits per heavy atom. The van der Waals surface area contributed by atoms with E-state index in [1.54, 1.807) is 18.2 Å². The zero-order valence-corrected chi connectivity index (χ0v) is 13.8. The zero-order valence-electron chi connectivity index (χ0n) is 13.0. The third kappa shape index (κ3) is 3.85. The SMILES string of the molecule is C[C@H]1CCCCC1=NNC(=O)c1ccc(-c2ccc(F)cc2)s1. The fourth-order valence-corrected chi connectivity index (χ4v) is 3.64. The number of amides is 1. The quantitative estimate of drug-likeness (QED) is 0.803. The number of nitrogens with one attached hydrogen (secondary N) is 1. The van der Waals surface area contributed by atoms with Gasteiger partial charge in [0.1, 0.15) is 5.82 Å². The number of benzene rings is 1. The van der Waals surface area contributed by atoms with Crippen molar-refractivity contribution in [1.29, 1.82) is 0 Å². The van der Waals surface area contributed by atoms with Crippen LogP contribution in [0.5, 0.6) is 0 Å². The van der Waals surface area contributed by atoms with Crippen LogP contribution in [0.4, 0.5) is 4.39 Å². The third-order valence-electron chi connectivity index (χ3n) is 4.15. The van der Waals surface area contributed by atoms with Gasteiger partial charge in [-0.25, -0.2) is 9.82 Å². The van der Waals surface area contributed by atoms with Crippen LogP contribution < -0.4 is 5.43 Å². The van der Waals surface area contributed by atoms with E-state index in [1.165, 1.54) is 29.9 Å². The molecule has 5 heteroatoms. The molecule has 1 amide bonds. The van der Waals surface area contributed by atoms with Crippen LogP contribution in [0.2, 0.25) is 0 Å². The van der Waals surface area contributed by atoms with Crippen molar-refractivity contribution in [1.82, 2.24) is 5.43 Å². The number of halogens is 1. The van der Waals surface area contributed by atoms with Crippen LogP contribution in [0, 0.1) is 11.7 Å². The molecule has 1 saturated carbocycles. The first-order valence-electron chi connectivity index (χ1n) is 7.86. The van der Waals surface area contributed by atoms with Crippen molar-refractivity contribution in [3.63, 3.8) is 0 Å². The first kappa shape index (κ1) is 15.9. The molecule has 0 aliphatic heterocycles. The molecule has 3 nitrogen and oxygen atoms in total. The summed E-state index contributed by atoms with van der Waals surface area (Å²) in [6.45, 7) is 2.15. The standard InChI is InChI=1S/C18H19FN2OS/c1-12-4-2-3-5-15(12)20-21-18(22)17-11-10-16(23-17)13-6-8-14(19)9-7-13/h6-12H,2-5H2,1H3,(H,21,22)/t12-/m0/s1. The molecule has 1 aliphatic rings. The fraction of sp³-hybridized carbons (Fsp3) is 0.333. The second-order valence-electron chi connectivity index (χ2n) is 5.86. The molecule has 120 valence electrons. The number of rotatable bonds is 3. The van der Waals surface area contributed by atoms with E-state index in [0.717, 1.165) is 35.4 Å². The van der Waals surface area contributed by atoms with Crippen LogP contribution in [0.1, 0.15) is 42.3 Å². The van der Waals surface area contributed by atoms with Gasteiger partial charge in [0.25, 0.3) is 5.91 Å². The Labute approximate surface area is 139 Å². The van der Waals surface area contributed by atoms with E-state index in [1.807, 2.05) is 6.07 Å². The molecule has 0 bridgehead atoms. The van der Waals surface area contributed by atoms with Gasteiger partial charge in [-0.2, -0.15) is 5.10 Å². The summed E-state index contributed by atoms with van der Waals surface area (Å²) in [5.41, 5.74) is 4.66. The van der Waals surface area contributed by atoms with Gasteiger partial charge >= 0.3 is 0 Å². The summed E-state index contributed by atoms with van der Waals surface area (Å²) in [7, 11) is 0. The normalized spacial score (nSPS) is 19.7. The minimum absolute atomic E-state index is 0.186. The van der Waals surface area contributed by atoms with Crippen LogP contribution in [-0.4, -0.2) is 11.6 Å². The lowest BCUT2D eigenvalue weighted by molar-refractivity contribution is 0.0958. The molecular formula is C18H19FN2OS. The van der Waals surface area contributed by atoms with Gasteiger partial charge < -0.3 is 0 Å². The summed E-state index contributed by atoms with van der Waals surface area (Å²) in [6, 6.07) is 9.93. The van der Waals surface area contributed by atoms with Crippen LogP contribution in [-0.2, 0) is 0 Å². The minimum atomic E-state index is -0.263. The zero-order chi connectivity index (χ0) is 16.2. The number of hydrogen-bond acceptors (Lipinski definition) is 3. The molecule has 1 aromatic carbocycles. The number of hydrogen-bond donors (Lipinski definition) is 1. The lowest BCUT2D eigenvalue weighted by Crippen LogP contribution is -2.23. The van der Waals surface area contributed by atoms with E-state index in [9.17, 15) is 9.18 Å². The summed E-state index contributed by atoms with van der Waals surface area (Å²) >= 11 is 1.38. The second kappa shape index (κ2) is 7.04. The van der Waals surface area contributed by atoms with Crippen LogP contribution in [0.3, 0.4) is 0 Å². The topological polar surface area (TPSA) is 41.5 Å². The van der Waals surface area contributed by atoms with Gasteiger partial charge in [-0.1, -0.05) is 25.5 Å². The largest absolute Gasteiger partial charge is 0.281 e. The van der Waals surface area contributed by atoms with Crippen LogP contribution >= 0.6 is 11.3 Å². The van der Waals surface area contributed by atoms with E-state index >= 15 is 0 Å². The highest BCUT2D eigenvalue weighted by atomic mass is 32.1. The lowest BCUT2D eigenvalue weighted by atomic mass is 9.89. The van der Waals surface area contributed by atoms with Gasteiger partial charge in [0.05, 0.1) is 4.88 Å². The maximum Gasteiger partial charge on any atom is 0.281 e. The maximum absolute atomic E-state index is 13.0. The van der Waals surface area contributed by atoms with Gasteiger partial charge in [-0.15, -0.1) is 11.3 Å². The van der Waals surface area contributed by atoms with Gasteiger partial charge in [-0.05, 0) is 55.0 Å². The molecule has 3 rings (SSSR count). The van der Waals surface area contributed by atoms with E-state index in [2.05, 4.69) is 17.5 Å². The number of thiophene rings is 1. The molecular weight excluding hydrogens is 311 g/mol. The molecule has 1 fully saturated rings. The van der Waals surface area contributed by atoms with Gasteiger partial charge in [0.2, 0.25) is 0 Å². The Morgan fingerprint density at radius 1 is 1.22 bits per heavy atom. The summed E-state index contributed by atoms with van der Waals surface area (Å²) in [4.78, 5) is 13.8. The average Bonchev–Trinajstić information content (AvgIpc) is 3.04. The van der Waals surface area contributed by atoms with Crippen LogP contribution in [0.15, 0.2) is 41.5 Å². The highest BCUT2D eigenvalue weighted by Crippen LogP contribution is 2.28. The molecule has 1 heterocycles. The monoisotopic (exact) mass is 330 g/mol. The Balaban J connectivity index is 1.69. The van der Waals surface area contributed by atoms with Gasteiger partial charge in [0, 0.05) is 10.6 Å². The predicted molar refractivity (Wildman–Crippen MR) is 92.2 cm³/mol. The first-order chi connectivity index (χ1) is 11.1. The summed E-state index contributed by atoms with van der Waals surface area (Å²) in [5, 5.41) is 4.31. The van der Waals surface area contributed by atoms with Crippen molar-refractivity contribution >= 4 is 23.0 Å². The molecule has 1 aliphatic carbocycles. The van der Waals surface area contributed by atoms with Crippen molar-refractivity contribution in [2.45, 2.75) is 32.6 Å². The van der Waals surface area contributed by atoms with Crippen molar-refractivity contribution in [2.24, 2.45) is 11.0 Å². The minimum Gasteiger partial charge on any atom is -0.266 e. The smallest absolute Gasteiger partial charge is 0.266 e. The predicted octanol–water partition coefficient (Wildman–Crippen LogP) is 4.85. The van der Waals surface area contributed by atoms with Crippen molar-refractivity contribution < 1.29 is 9.18 Å². The highest BCUT2D eigenvalue weighted by molar-refractivity contribution is 7.17. The summed E-state index contributed by atoms with van der Waals surface area (Å²) in [6.07, 6.45) is 4.49. The number of hydrazone groups is 1. The Morgan fingerprint density at radius 2 is 2.00 bits per heavy atom. The van der Waals surface area contributed by atoms with Gasteiger partial charge in [0.15, 0.2) is 0 Å². The van der Waals surface area contributed by atoms with Crippen molar-refractivity contribution in [2.75, 3.05) is 0 Å². The Hall–Kier alpha value is -2.01. The Bertz CT molecular complexity index is 721. The molecule has 1 N–H and O–H groups in total. The van der Waals surface area contributed by atoms with E-state index < -0.39 is 0 Å². The van der Waals surface area contributed by atoms with E-state index in [-0.39, 0.29) is 11.7 Å². The molecule has 23 heavy (non-hydrogen) atoms. The molecule has 0 saturated heterocycles. The molecule has 1 atom stereocenters. The Kier molecular flexibility index (Phi) is 4.86. The molecule has 0 radical (unpaired) electrons. The molecule has 1 aromatic heterocycles. The summed E-state index contributed by atoms with van der Waals surface area (Å²) in [5.74, 6) is -0.00324. The van der Waals surface area contributed by atoms with Crippen molar-refractivity contribution in [3.8, 4) is 10.4 Å². The van der Waals surface area contributed by atoms with E-state index in [0.29, 0.717) is 10.8 Å². The lowest BCUT2D eigenvalue weighted by Gasteiger charge is -2.19. The third-order valence-corrected chi connectivity index (χ3v) is 5.28. The summed E-state index contributed by atoms with van der Waals surface area (Å²) < 4.78 is 13.0. The molecule has 0 unspecified atom stereocenters. The van der Waals surface area contributed by atoms with Crippen LogP contribution in [0.25, 0.3) is 10.4 Å². The fourth-order valence-electron chi connectivity index (χ4n) is 2.74. The number of nitrogens with zero attached hydrogens (tertiary/aromatic N) is 1. The van der Waals surface area contributed by atoms with Crippen molar-refractivity contribution in [3.05, 3.63) is 47.1 Å². The average molecular weight is 330 g/mol. The van der Waals surface area contributed by atoms with E-state index in [4.69, 9.17) is 0 Å².